The molecule has 0 aliphatic rings. The molecule has 11 nitrogen and oxygen atoms in total. The quantitative estimate of drug-likeness (QED) is 0.0241. The van der Waals surface area contributed by atoms with Gasteiger partial charge in [-0.15, -0.1) is 0 Å². The molecule has 0 unspecified atom stereocenters. The first kappa shape index (κ1) is 42.3. The number of carbonyl (C=O) groups excluding carboxylic acids is 4. The first-order chi connectivity index (χ1) is 27.3. The van der Waals surface area contributed by atoms with E-state index >= 15 is 0 Å². The van der Waals surface area contributed by atoms with Crippen molar-refractivity contribution < 1.29 is 47.6 Å². The fourth-order valence-corrected chi connectivity index (χ4v) is 5.31. The van der Waals surface area contributed by atoms with Crippen LogP contribution in [0.25, 0.3) is 11.1 Å². The molecule has 0 radical (unpaired) electrons. The molecule has 292 valence electrons. The molecule has 0 atom stereocenters. The van der Waals surface area contributed by atoms with Gasteiger partial charge in [0.05, 0.1) is 37.6 Å². The topological polar surface area (TPSA) is 148 Å². The molecule has 0 aromatic heterocycles. The number of benzene rings is 4. The summed E-state index contributed by atoms with van der Waals surface area (Å²) < 4.78 is 32.7. The molecular weight excluding hydrogens is 714 g/mol. The van der Waals surface area contributed by atoms with E-state index in [1.807, 2.05) is 0 Å². The van der Waals surface area contributed by atoms with Crippen LogP contribution in [0, 0.1) is 5.41 Å². The van der Waals surface area contributed by atoms with Gasteiger partial charge in [-0.05, 0) is 135 Å². The lowest BCUT2D eigenvalue weighted by Gasteiger charge is -2.11. The standard InChI is InChI=1S/C45H47NO10/c1-3-42(47)53-29-11-7-5-9-27-51-38-20-15-34(16-21-38)44(49)55-40-24-13-33(14-25-40)36-19-26-41(37(31-36)32-46)56-45(50)35-17-22-39(23-18-35)52-28-10-6-8-12-30-54-43(48)4-2/h3-4,13-26,31-32,46H,1-2,5-12,27-30H2. The van der Waals surface area contributed by atoms with E-state index in [-0.39, 0.29) is 5.75 Å². The molecule has 0 saturated carbocycles. The van der Waals surface area contributed by atoms with Crippen molar-refractivity contribution >= 4 is 30.1 Å². The average Bonchev–Trinajstić information content (AvgIpc) is 3.23. The van der Waals surface area contributed by atoms with E-state index in [0.29, 0.717) is 60.4 Å². The van der Waals surface area contributed by atoms with Crippen LogP contribution in [-0.2, 0) is 19.1 Å². The third kappa shape index (κ3) is 14.4. The predicted octanol–water partition coefficient (Wildman–Crippen LogP) is 9.13. The summed E-state index contributed by atoms with van der Waals surface area (Å²) in [6.45, 7) is 8.55. The number of carbonyl (C=O) groups is 4. The Morgan fingerprint density at radius 2 is 0.929 bits per heavy atom. The molecule has 0 amide bonds. The minimum atomic E-state index is -0.563. The zero-order chi connectivity index (χ0) is 40.0. The SMILES string of the molecule is C=CC(=O)OCCCCCCOc1ccc(C(=O)Oc2ccc(-c3ccc(OC(=O)c4ccc(OCCCCCCOC(=O)C=C)cc4)c(C=N)c3)cc2)cc1. The molecule has 11 heteroatoms. The minimum Gasteiger partial charge on any atom is -0.494 e. The number of nitrogens with one attached hydrogen (secondary N) is 1. The van der Waals surface area contributed by atoms with Crippen molar-refractivity contribution in [2.24, 2.45) is 0 Å². The lowest BCUT2D eigenvalue weighted by Crippen LogP contribution is -2.10. The molecule has 0 aliphatic heterocycles. The molecule has 4 rings (SSSR count). The average molecular weight is 762 g/mol. The van der Waals surface area contributed by atoms with Crippen LogP contribution in [0.15, 0.2) is 116 Å². The molecule has 4 aromatic carbocycles. The third-order valence-electron chi connectivity index (χ3n) is 8.38. The second-order valence-electron chi connectivity index (χ2n) is 12.5. The van der Waals surface area contributed by atoms with Gasteiger partial charge in [0.15, 0.2) is 0 Å². The molecule has 56 heavy (non-hydrogen) atoms. The fourth-order valence-electron chi connectivity index (χ4n) is 5.31. The number of unbranched alkanes of at least 4 members (excludes halogenated alkanes) is 6. The Kier molecular flexibility index (Phi) is 17.6. The van der Waals surface area contributed by atoms with Gasteiger partial charge in [-0.25, -0.2) is 19.2 Å². The highest BCUT2D eigenvalue weighted by atomic mass is 16.5. The molecule has 0 spiro atoms. The second-order valence-corrected chi connectivity index (χ2v) is 12.5. The van der Waals surface area contributed by atoms with Crippen molar-refractivity contribution in [3.63, 3.8) is 0 Å². The number of ether oxygens (including phenoxy) is 6. The Bertz CT molecular complexity index is 1920. The van der Waals surface area contributed by atoms with Crippen molar-refractivity contribution in [1.29, 1.82) is 5.41 Å². The lowest BCUT2D eigenvalue weighted by molar-refractivity contribution is -0.138. The summed E-state index contributed by atoms with van der Waals surface area (Å²) in [5, 5.41) is 7.93. The van der Waals surface area contributed by atoms with E-state index in [9.17, 15) is 19.2 Å². The monoisotopic (exact) mass is 761 g/mol. The molecule has 0 bridgehead atoms. The summed E-state index contributed by atoms with van der Waals surface area (Å²) in [5.74, 6) is 0.0132. The van der Waals surface area contributed by atoms with E-state index < -0.39 is 23.9 Å². The molecule has 0 aliphatic carbocycles. The number of rotatable bonds is 24. The maximum Gasteiger partial charge on any atom is 0.343 e. The van der Waals surface area contributed by atoms with Crippen LogP contribution in [0.3, 0.4) is 0 Å². The Morgan fingerprint density at radius 1 is 0.500 bits per heavy atom. The normalized spacial score (nSPS) is 10.4. The third-order valence-corrected chi connectivity index (χ3v) is 8.38. The number of hydrogen-bond donors (Lipinski definition) is 1. The van der Waals surface area contributed by atoms with Crippen molar-refractivity contribution in [2.75, 3.05) is 26.4 Å². The second kappa shape index (κ2) is 23.3. The van der Waals surface area contributed by atoms with Gasteiger partial charge in [0.2, 0.25) is 0 Å². The van der Waals surface area contributed by atoms with E-state index in [2.05, 4.69) is 13.2 Å². The van der Waals surface area contributed by atoms with Crippen LogP contribution >= 0.6 is 0 Å². The first-order valence-electron chi connectivity index (χ1n) is 18.5. The molecule has 0 heterocycles. The summed E-state index contributed by atoms with van der Waals surface area (Å²) in [6.07, 6.45) is 10.4. The van der Waals surface area contributed by atoms with Crippen molar-refractivity contribution in [2.45, 2.75) is 51.4 Å². The van der Waals surface area contributed by atoms with Crippen LogP contribution in [0.1, 0.15) is 77.6 Å². The highest BCUT2D eigenvalue weighted by molar-refractivity contribution is 5.94. The highest BCUT2D eigenvalue weighted by Crippen LogP contribution is 2.28. The van der Waals surface area contributed by atoms with Crippen molar-refractivity contribution in [3.05, 3.63) is 133 Å². The van der Waals surface area contributed by atoms with Gasteiger partial charge in [-0.1, -0.05) is 31.4 Å². The molecule has 0 fully saturated rings. The van der Waals surface area contributed by atoms with E-state index in [0.717, 1.165) is 80.9 Å². The highest BCUT2D eigenvalue weighted by Gasteiger charge is 2.14. The maximum atomic E-state index is 12.9. The number of hydrogen-bond acceptors (Lipinski definition) is 11. The summed E-state index contributed by atoms with van der Waals surface area (Å²) >= 11 is 0. The lowest BCUT2D eigenvalue weighted by atomic mass is 10.0. The molecular formula is C45H47NO10. The van der Waals surface area contributed by atoms with Crippen molar-refractivity contribution in [3.8, 4) is 34.1 Å². The fraction of sp³-hybridized carbons (Fsp3) is 0.267. The van der Waals surface area contributed by atoms with E-state index in [1.165, 1.54) is 0 Å². The summed E-state index contributed by atoms with van der Waals surface area (Å²) in [7, 11) is 0. The van der Waals surface area contributed by atoms with Crippen LogP contribution in [0.5, 0.6) is 23.0 Å². The van der Waals surface area contributed by atoms with Gasteiger partial charge < -0.3 is 33.8 Å². The Hall–Kier alpha value is -6.49. The Morgan fingerprint density at radius 3 is 1.39 bits per heavy atom. The molecule has 0 saturated heterocycles. The van der Waals surface area contributed by atoms with Gasteiger partial charge in [0, 0.05) is 23.9 Å². The zero-order valence-electron chi connectivity index (χ0n) is 31.4. The molecule has 4 aromatic rings. The van der Waals surface area contributed by atoms with Crippen LogP contribution < -0.4 is 18.9 Å². The zero-order valence-corrected chi connectivity index (χ0v) is 31.4. The van der Waals surface area contributed by atoms with Crippen LogP contribution in [0.4, 0.5) is 0 Å². The summed E-state index contributed by atoms with van der Waals surface area (Å²) in [4.78, 5) is 47.8. The van der Waals surface area contributed by atoms with Crippen molar-refractivity contribution in [1.82, 2.24) is 0 Å². The van der Waals surface area contributed by atoms with Crippen LogP contribution in [0.2, 0.25) is 0 Å². The first-order valence-corrected chi connectivity index (χ1v) is 18.5. The summed E-state index contributed by atoms with van der Waals surface area (Å²) in [6, 6.07) is 25.6. The van der Waals surface area contributed by atoms with Gasteiger partial charge in [0.1, 0.15) is 23.0 Å². The number of esters is 4. The largest absolute Gasteiger partial charge is 0.494 e. The van der Waals surface area contributed by atoms with Gasteiger partial charge >= 0.3 is 23.9 Å². The maximum absolute atomic E-state index is 12.9. The van der Waals surface area contributed by atoms with E-state index in [4.69, 9.17) is 33.8 Å². The van der Waals surface area contributed by atoms with E-state index in [1.54, 1.807) is 91.0 Å². The van der Waals surface area contributed by atoms with Gasteiger partial charge in [0.25, 0.3) is 0 Å². The predicted molar refractivity (Wildman–Crippen MR) is 213 cm³/mol. The van der Waals surface area contributed by atoms with Gasteiger partial charge in [-0.2, -0.15) is 0 Å². The van der Waals surface area contributed by atoms with Gasteiger partial charge in [-0.3, -0.25) is 0 Å². The van der Waals surface area contributed by atoms with Crippen LogP contribution in [-0.4, -0.2) is 56.5 Å². The summed E-state index contributed by atoms with van der Waals surface area (Å²) in [5.41, 5.74) is 2.73. The smallest absolute Gasteiger partial charge is 0.343 e. The molecule has 1 N–H and O–H groups in total. The Labute approximate surface area is 327 Å². The minimum absolute atomic E-state index is 0.246. The Balaban J connectivity index is 1.19.